The van der Waals surface area contributed by atoms with Crippen molar-refractivity contribution in [3.05, 3.63) is 42.5 Å². The van der Waals surface area contributed by atoms with E-state index in [2.05, 4.69) is 11.9 Å². The number of benzene rings is 1. The molecule has 0 bridgehead atoms. The molecule has 0 aliphatic carbocycles. The zero-order valence-corrected chi connectivity index (χ0v) is 10.9. The van der Waals surface area contributed by atoms with Gasteiger partial charge in [-0.3, -0.25) is 4.79 Å². The number of amides is 1. The second-order valence-corrected chi connectivity index (χ2v) is 4.47. The van der Waals surface area contributed by atoms with E-state index in [1.54, 1.807) is 24.3 Å². The molecule has 4 heteroatoms. The number of rotatable bonds is 6. The summed E-state index contributed by atoms with van der Waals surface area (Å²) in [6.45, 7) is 5.38. The van der Waals surface area contributed by atoms with Gasteiger partial charge in [-0.15, -0.1) is 0 Å². The van der Waals surface area contributed by atoms with Gasteiger partial charge in [0, 0.05) is 18.7 Å². The van der Waals surface area contributed by atoms with Gasteiger partial charge in [0.05, 0.1) is 6.10 Å². The SMILES string of the molecule is C=CCOc1cccc(C(=O)NCC2CCCO2)c1. The Morgan fingerprint density at radius 3 is 3.21 bits per heavy atom. The number of carbonyl (C=O) groups is 1. The molecule has 102 valence electrons. The summed E-state index contributed by atoms with van der Waals surface area (Å²) in [5.41, 5.74) is 0.597. The van der Waals surface area contributed by atoms with Crippen molar-refractivity contribution < 1.29 is 14.3 Å². The number of ether oxygens (including phenoxy) is 2. The van der Waals surface area contributed by atoms with E-state index in [4.69, 9.17) is 9.47 Å². The molecular weight excluding hydrogens is 242 g/mol. The van der Waals surface area contributed by atoms with E-state index in [1.807, 2.05) is 6.07 Å². The Kier molecular flexibility index (Phi) is 4.98. The monoisotopic (exact) mass is 261 g/mol. The molecule has 1 amide bonds. The molecule has 1 aliphatic rings. The van der Waals surface area contributed by atoms with Gasteiger partial charge in [0.2, 0.25) is 0 Å². The standard InChI is InChI=1S/C15H19NO3/c1-2-8-18-13-6-3-5-12(10-13)15(17)16-11-14-7-4-9-19-14/h2-3,5-6,10,14H,1,4,7-9,11H2,(H,16,17). The highest BCUT2D eigenvalue weighted by molar-refractivity contribution is 5.94. The fraction of sp³-hybridized carbons (Fsp3) is 0.400. The zero-order valence-electron chi connectivity index (χ0n) is 10.9. The fourth-order valence-electron chi connectivity index (χ4n) is 2.00. The van der Waals surface area contributed by atoms with E-state index in [1.165, 1.54) is 0 Å². The van der Waals surface area contributed by atoms with Crippen LogP contribution in [0.5, 0.6) is 5.75 Å². The van der Waals surface area contributed by atoms with E-state index >= 15 is 0 Å². The molecule has 1 heterocycles. The maximum atomic E-state index is 12.0. The minimum atomic E-state index is -0.0976. The van der Waals surface area contributed by atoms with Gasteiger partial charge < -0.3 is 14.8 Å². The molecule has 1 atom stereocenters. The van der Waals surface area contributed by atoms with E-state index in [-0.39, 0.29) is 12.0 Å². The maximum absolute atomic E-state index is 12.0. The lowest BCUT2D eigenvalue weighted by Gasteiger charge is -2.11. The Morgan fingerprint density at radius 1 is 1.58 bits per heavy atom. The first-order valence-electron chi connectivity index (χ1n) is 6.53. The van der Waals surface area contributed by atoms with Crippen molar-refractivity contribution in [2.45, 2.75) is 18.9 Å². The molecule has 1 unspecified atom stereocenters. The van der Waals surface area contributed by atoms with Gasteiger partial charge >= 0.3 is 0 Å². The van der Waals surface area contributed by atoms with Gasteiger partial charge in [-0.2, -0.15) is 0 Å². The van der Waals surface area contributed by atoms with Crippen LogP contribution in [0.4, 0.5) is 0 Å². The van der Waals surface area contributed by atoms with Crippen molar-refractivity contribution in [3.8, 4) is 5.75 Å². The Bertz CT molecular complexity index is 439. The summed E-state index contributed by atoms with van der Waals surface area (Å²) in [5.74, 6) is 0.573. The first kappa shape index (κ1) is 13.6. The van der Waals surface area contributed by atoms with Gasteiger partial charge in [0.15, 0.2) is 0 Å². The number of hydrogen-bond acceptors (Lipinski definition) is 3. The molecule has 19 heavy (non-hydrogen) atoms. The molecule has 0 radical (unpaired) electrons. The van der Waals surface area contributed by atoms with Crippen LogP contribution in [0.25, 0.3) is 0 Å². The first-order chi connectivity index (χ1) is 9.29. The van der Waals surface area contributed by atoms with Crippen molar-refractivity contribution in [3.63, 3.8) is 0 Å². The summed E-state index contributed by atoms with van der Waals surface area (Å²) in [7, 11) is 0. The Hall–Kier alpha value is -1.81. The lowest BCUT2D eigenvalue weighted by molar-refractivity contribution is 0.0857. The van der Waals surface area contributed by atoms with Crippen molar-refractivity contribution in [1.29, 1.82) is 0 Å². The average Bonchev–Trinajstić information content (AvgIpc) is 2.96. The third-order valence-electron chi connectivity index (χ3n) is 2.98. The van der Waals surface area contributed by atoms with E-state index in [9.17, 15) is 4.79 Å². The molecule has 1 fully saturated rings. The Morgan fingerprint density at radius 2 is 2.47 bits per heavy atom. The molecule has 1 N–H and O–H groups in total. The highest BCUT2D eigenvalue weighted by Crippen LogP contribution is 2.14. The van der Waals surface area contributed by atoms with Crippen LogP contribution in [0.3, 0.4) is 0 Å². The highest BCUT2D eigenvalue weighted by Gasteiger charge is 2.16. The second kappa shape index (κ2) is 6.95. The van der Waals surface area contributed by atoms with Crippen LogP contribution < -0.4 is 10.1 Å². The van der Waals surface area contributed by atoms with Crippen LogP contribution in [0, 0.1) is 0 Å². The molecule has 4 nitrogen and oxygen atoms in total. The van der Waals surface area contributed by atoms with E-state index in [0.29, 0.717) is 24.5 Å². The molecule has 0 saturated carbocycles. The number of carbonyl (C=O) groups excluding carboxylic acids is 1. The smallest absolute Gasteiger partial charge is 0.251 e. The van der Waals surface area contributed by atoms with Crippen LogP contribution in [0.1, 0.15) is 23.2 Å². The summed E-state index contributed by atoms with van der Waals surface area (Å²) in [6, 6.07) is 7.12. The maximum Gasteiger partial charge on any atom is 0.251 e. The van der Waals surface area contributed by atoms with E-state index in [0.717, 1.165) is 19.4 Å². The van der Waals surface area contributed by atoms with Gasteiger partial charge in [-0.05, 0) is 31.0 Å². The van der Waals surface area contributed by atoms with Crippen molar-refractivity contribution in [2.75, 3.05) is 19.8 Å². The molecule has 1 aliphatic heterocycles. The van der Waals surface area contributed by atoms with Crippen molar-refractivity contribution in [1.82, 2.24) is 5.32 Å². The van der Waals surface area contributed by atoms with Crippen LogP contribution in [-0.2, 0) is 4.74 Å². The molecule has 1 aromatic carbocycles. The third-order valence-corrected chi connectivity index (χ3v) is 2.98. The molecular formula is C15H19NO3. The average molecular weight is 261 g/mol. The summed E-state index contributed by atoms with van der Waals surface area (Å²) in [4.78, 5) is 12.0. The van der Waals surface area contributed by atoms with Crippen molar-refractivity contribution in [2.24, 2.45) is 0 Å². The summed E-state index contributed by atoms with van der Waals surface area (Å²) < 4.78 is 10.9. The third kappa shape index (κ3) is 4.10. The Balaban J connectivity index is 1.88. The number of hydrogen-bond donors (Lipinski definition) is 1. The lowest BCUT2D eigenvalue weighted by Crippen LogP contribution is -2.31. The van der Waals surface area contributed by atoms with Crippen LogP contribution >= 0.6 is 0 Å². The molecule has 1 saturated heterocycles. The van der Waals surface area contributed by atoms with Gasteiger partial charge in [0.1, 0.15) is 12.4 Å². The van der Waals surface area contributed by atoms with Gasteiger partial charge in [-0.1, -0.05) is 18.7 Å². The van der Waals surface area contributed by atoms with Gasteiger partial charge in [-0.25, -0.2) is 0 Å². The number of nitrogens with one attached hydrogen (secondary N) is 1. The molecule has 2 rings (SSSR count). The topological polar surface area (TPSA) is 47.6 Å². The highest BCUT2D eigenvalue weighted by atomic mass is 16.5. The quantitative estimate of drug-likeness (QED) is 0.798. The largest absolute Gasteiger partial charge is 0.490 e. The second-order valence-electron chi connectivity index (χ2n) is 4.47. The lowest BCUT2D eigenvalue weighted by atomic mass is 10.2. The zero-order chi connectivity index (χ0) is 13.5. The summed E-state index contributed by atoms with van der Waals surface area (Å²) in [6.07, 6.45) is 3.92. The first-order valence-corrected chi connectivity index (χ1v) is 6.53. The molecule has 0 spiro atoms. The predicted molar refractivity (Wildman–Crippen MR) is 73.4 cm³/mol. The molecule has 0 aromatic heterocycles. The Labute approximate surface area is 113 Å². The minimum absolute atomic E-state index is 0.0976. The van der Waals surface area contributed by atoms with Crippen LogP contribution in [0.2, 0.25) is 0 Å². The van der Waals surface area contributed by atoms with Crippen molar-refractivity contribution >= 4 is 5.91 Å². The van der Waals surface area contributed by atoms with Crippen LogP contribution in [-0.4, -0.2) is 31.8 Å². The normalized spacial score (nSPS) is 18.0. The van der Waals surface area contributed by atoms with Crippen LogP contribution in [0.15, 0.2) is 36.9 Å². The van der Waals surface area contributed by atoms with Gasteiger partial charge in [0.25, 0.3) is 5.91 Å². The fourth-order valence-corrected chi connectivity index (χ4v) is 2.00. The summed E-state index contributed by atoms with van der Waals surface area (Å²) in [5, 5.41) is 2.88. The van der Waals surface area contributed by atoms with E-state index < -0.39 is 0 Å². The summed E-state index contributed by atoms with van der Waals surface area (Å²) >= 11 is 0. The minimum Gasteiger partial charge on any atom is -0.490 e. The predicted octanol–water partition coefficient (Wildman–Crippen LogP) is 2.16. The molecule has 1 aromatic rings.